The average Bonchev–Trinajstić information content (AvgIpc) is 2.44. The Bertz CT molecular complexity index is 449. The summed E-state index contributed by atoms with van der Waals surface area (Å²) in [6.07, 6.45) is 2.24. The summed E-state index contributed by atoms with van der Waals surface area (Å²) in [7, 11) is 1.99. The van der Waals surface area contributed by atoms with Crippen molar-refractivity contribution >= 4 is 5.96 Å². The molecule has 0 saturated carbocycles. The number of aliphatic imine (C=N–C) groups is 1. The lowest BCUT2D eigenvalue weighted by Crippen LogP contribution is -2.39. The first-order valence-corrected chi connectivity index (χ1v) is 7.05. The number of hydrogen-bond acceptors (Lipinski definition) is 2. The molecule has 2 N–H and O–H groups in total. The van der Waals surface area contributed by atoms with E-state index in [1.165, 1.54) is 12.1 Å². The van der Waals surface area contributed by atoms with Gasteiger partial charge in [-0.05, 0) is 31.0 Å². The molecule has 4 nitrogen and oxygen atoms in total. The third-order valence-electron chi connectivity index (χ3n) is 2.97. The van der Waals surface area contributed by atoms with Crippen molar-refractivity contribution < 1.29 is 9.50 Å². The van der Waals surface area contributed by atoms with Gasteiger partial charge in [0.05, 0.1) is 6.54 Å². The molecule has 0 aromatic heterocycles. The number of nitrogens with one attached hydrogen (secondary N) is 1. The Morgan fingerprint density at radius 1 is 1.40 bits per heavy atom. The maximum Gasteiger partial charge on any atom is 0.193 e. The van der Waals surface area contributed by atoms with E-state index in [1.807, 2.05) is 14.0 Å². The zero-order chi connectivity index (χ0) is 15.0. The van der Waals surface area contributed by atoms with E-state index in [1.54, 1.807) is 6.07 Å². The molecule has 0 aliphatic carbocycles. The first-order chi connectivity index (χ1) is 9.58. The molecule has 0 radical (unpaired) electrons. The van der Waals surface area contributed by atoms with E-state index in [0.717, 1.165) is 37.5 Å². The first-order valence-electron chi connectivity index (χ1n) is 7.05. The largest absolute Gasteiger partial charge is 0.505 e. The Balaban J connectivity index is 2.72. The fourth-order valence-electron chi connectivity index (χ4n) is 1.79. The number of rotatable bonds is 6. The highest BCUT2D eigenvalue weighted by Crippen LogP contribution is 2.16. The van der Waals surface area contributed by atoms with E-state index in [4.69, 9.17) is 5.11 Å². The molecule has 1 aromatic carbocycles. The van der Waals surface area contributed by atoms with Gasteiger partial charge in [0.1, 0.15) is 0 Å². The van der Waals surface area contributed by atoms with E-state index < -0.39 is 5.82 Å². The SMILES string of the molecule is CCCCN(C)C(=NCc1ccc(O)c(F)c1)NCC. The molecule has 0 atom stereocenters. The minimum Gasteiger partial charge on any atom is -0.505 e. The number of phenols is 1. The standard InChI is InChI=1S/C15H24FN3O/c1-4-6-9-19(3)15(17-5-2)18-11-12-7-8-14(20)13(16)10-12/h7-8,10,20H,4-6,9,11H2,1-3H3,(H,17,18). The molecule has 1 aromatic rings. The fraction of sp³-hybridized carbons (Fsp3) is 0.533. The molecule has 20 heavy (non-hydrogen) atoms. The van der Waals surface area contributed by atoms with Crippen LogP contribution in [0.2, 0.25) is 0 Å². The summed E-state index contributed by atoms with van der Waals surface area (Å²) in [5.41, 5.74) is 0.736. The van der Waals surface area contributed by atoms with Crippen LogP contribution in [0.25, 0.3) is 0 Å². The number of hydrogen-bond donors (Lipinski definition) is 2. The second-order valence-corrected chi connectivity index (χ2v) is 4.73. The normalized spacial score (nSPS) is 11.5. The highest BCUT2D eigenvalue weighted by atomic mass is 19.1. The van der Waals surface area contributed by atoms with Crippen LogP contribution < -0.4 is 5.32 Å². The first kappa shape index (κ1) is 16.3. The van der Waals surface area contributed by atoms with E-state index in [-0.39, 0.29) is 5.75 Å². The van der Waals surface area contributed by atoms with Crippen LogP contribution in [0.5, 0.6) is 5.75 Å². The molecule has 0 aliphatic rings. The van der Waals surface area contributed by atoms with Gasteiger partial charge in [0.25, 0.3) is 0 Å². The van der Waals surface area contributed by atoms with Gasteiger partial charge in [-0.1, -0.05) is 19.4 Å². The van der Waals surface area contributed by atoms with Gasteiger partial charge in [0.2, 0.25) is 0 Å². The molecule has 5 heteroatoms. The van der Waals surface area contributed by atoms with Crippen molar-refractivity contribution in [2.45, 2.75) is 33.2 Å². The third-order valence-corrected chi connectivity index (χ3v) is 2.97. The predicted octanol–water partition coefficient (Wildman–Crippen LogP) is 2.73. The number of phenolic OH excluding ortho intramolecular Hbond substituents is 1. The van der Waals surface area contributed by atoms with Gasteiger partial charge >= 0.3 is 0 Å². The van der Waals surface area contributed by atoms with Gasteiger partial charge in [-0.2, -0.15) is 0 Å². The summed E-state index contributed by atoms with van der Waals surface area (Å²) in [5, 5.41) is 12.4. The maximum atomic E-state index is 13.3. The van der Waals surface area contributed by atoms with Crippen LogP contribution in [0.4, 0.5) is 4.39 Å². The van der Waals surface area contributed by atoms with Crippen molar-refractivity contribution in [3.8, 4) is 5.75 Å². The lowest BCUT2D eigenvalue weighted by Gasteiger charge is -2.21. The van der Waals surface area contributed by atoms with Crippen LogP contribution in [0.15, 0.2) is 23.2 Å². The van der Waals surface area contributed by atoms with E-state index in [2.05, 4.69) is 22.1 Å². The van der Waals surface area contributed by atoms with Gasteiger partial charge in [-0.25, -0.2) is 9.38 Å². The van der Waals surface area contributed by atoms with Crippen molar-refractivity contribution in [3.63, 3.8) is 0 Å². The predicted molar refractivity (Wildman–Crippen MR) is 80.4 cm³/mol. The second-order valence-electron chi connectivity index (χ2n) is 4.73. The van der Waals surface area contributed by atoms with Crippen molar-refractivity contribution in [1.29, 1.82) is 0 Å². The number of guanidine groups is 1. The third kappa shape index (κ3) is 5.07. The topological polar surface area (TPSA) is 47.9 Å². The molecule has 0 amide bonds. The second kappa shape index (κ2) is 8.40. The van der Waals surface area contributed by atoms with E-state index >= 15 is 0 Å². The summed E-state index contributed by atoms with van der Waals surface area (Å²) in [5.74, 6) is -0.124. The number of benzene rings is 1. The van der Waals surface area contributed by atoms with Crippen LogP contribution in [0.1, 0.15) is 32.3 Å². The van der Waals surface area contributed by atoms with E-state index in [0.29, 0.717) is 6.54 Å². The summed E-state index contributed by atoms with van der Waals surface area (Å²) < 4.78 is 13.3. The summed E-state index contributed by atoms with van der Waals surface area (Å²) in [6.45, 7) is 6.28. The Labute approximate surface area is 120 Å². The van der Waals surface area contributed by atoms with Crippen LogP contribution >= 0.6 is 0 Å². The molecular formula is C15H24FN3O. The van der Waals surface area contributed by atoms with Crippen molar-refractivity contribution in [1.82, 2.24) is 10.2 Å². The Morgan fingerprint density at radius 3 is 2.75 bits per heavy atom. The summed E-state index contributed by atoms with van der Waals surface area (Å²) in [4.78, 5) is 6.56. The zero-order valence-electron chi connectivity index (χ0n) is 12.5. The maximum absolute atomic E-state index is 13.3. The lowest BCUT2D eigenvalue weighted by atomic mass is 10.2. The molecule has 0 saturated heterocycles. The van der Waals surface area contributed by atoms with Crippen LogP contribution in [-0.2, 0) is 6.54 Å². The lowest BCUT2D eigenvalue weighted by molar-refractivity contribution is 0.431. The van der Waals surface area contributed by atoms with Crippen LogP contribution in [0.3, 0.4) is 0 Å². The molecule has 1 rings (SSSR count). The molecule has 0 unspecified atom stereocenters. The highest BCUT2D eigenvalue weighted by Gasteiger charge is 2.05. The monoisotopic (exact) mass is 281 g/mol. The minimum atomic E-state index is -0.609. The van der Waals surface area contributed by atoms with Crippen molar-refractivity contribution in [2.75, 3.05) is 20.1 Å². The van der Waals surface area contributed by atoms with Gasteiger partial charge in [0.15, 0.2) is 17.5 Å². The molecule has 112 valence electrons. The van der Waals surface area contributed by atoms with Crippen molar-refractivity contribution in [2.24, 2.45) is 4.99 Å². The minimum absolute atomic E-state index is 0.329. The van der Waals surface area contributed by atoms with Crippen LogP contribution in [-0.4, -0.2) is 36.1 Å². The number of unbranched alkanes of at least 4 members (excludes halogenated alkanes) is 1. The molecular weight excluding hydrogens is 257 g/mol. The summed E-state index contributed by atoms with van der Waals surface area (Å²) >= 11 is 0. The Kier molecular flexibility index (Phi) is 6.84. The smallest absolute Gasteiger partial charge is 0.193 e. The van der Waals surface area contributed by atoms with Gasteiger partial charge in [0, 0.05) is 20.1 Å². The fourth-order valence-corrected chi connectivity index (χ4v) is 1.79. The van der Waals surface area contributed by atoms with Crippen molar-refractivity contribution in [3.05, 3.63) is 29.6 Å². The quantitative estimate of drug-likeness (QED) is 0.622. The number of aromatic hydroxyl groups is 1. The molecule has 0 heterocycles. The molecule has 0 spiro atoms. The van der Waals surface area contributed by atoms with Gasteiger partial charge < -0.3 is 15.3 Å². The average molecular weight is 281 g/mol. The van der Waals surface area contributed by atoms with Gasteiger partial charge in [-0.3, -0.25) is 0 Å². The Morgan fingerprint density at radius 2 is 2.15 bits per heavy atom. The van der Waals surface area contributed by atoms with Crippen LogP contribution in [0, 0.1) is 5.82 Å². The Hall–Kier alpha value is -1.78. The van der Waals surface area contributed by atoms with E-state index in [9.17, 15) is 4.39 Å². The molecule has 0 aliphatic heterocycles. The molecule has 0 fully saturated rings. The summed E-state index contributed by atoms with van der Waals surface area (Å²) in [6, 6.07) is 4.35. The number of halogens is 1. The molecule has 0 bridgehead atoms. The van der Waals surface area contributed by atoms with Gasteiger partial charge in [-0.15, -0.1) is 0 Å². The zero-order valence-corrected chi connectivity index (χ0v) is 12.5. The number of nitrogens with zero attached hydrogens (tertiary/aromatic N) is 2. The highest BCUT2D eigenvalue weighted by molar-refractivity contribution is 5.79.